The third-order valence-electron chi connectivity index (χ3n) is 5.40. The Morgan fingerprint density at radius 1 is 1.06 bits per heavy atom. The van der Waals surface area contributed by atoms with Gasteiger partial charge in [0.05, 0.1) is 10.9 Å². The molecule has 3 aromatic heterocycles. The lowest BCUT2D eigenvalue weighted by Gasteiger charge is -2.14. The average molecular weight is 477 g/mol. The maximum absolute atomic E-state index is 13.0. The number of aryl methyl sites for hydroxylation is 1. The molecule has 0 atom stereocenters. The number of anilines is 3. The van der Waals surface area contributed by atoms with E-state index in [0.717, 1.165) is 23.1 Å². The number of hydrogen-bond donors (Lipinski definition) is 3. The van der Waals surface area contributed by atoms with Crippen molar-refractivity contribution >= 4 is 34.3 Å². The monoisotopic (exact) mass is 477 g/mol. The molecule has 0 aliphatic rings. The van der Waals surface area contributed by atoms with Gasteiger partial charge < -0.3 is 15.6 Å². The lowest BCUT2D eigenvalue weighted by molar-refractivity contribution is -0.137. The second-order valence-electron chi connectivity index (χ2n) is 7.75. The number of carbonyl (C=O) groups excluding carboxylic acids is 1. The van der Waals surface area contributed by atoms with Gasteiger partial charge in [0.1, 0.15) is 12.0 Å². The fourth-order valence-corrected chi connectivity index (χ4v) is 3.61. The highest BCUT2D eigenvalue weighted by Crippen LogP contribution is 2.30. The van der Waals surface area contributed by atoms with Gasteiger partial charge in [-0.25, -0.2) is 15.0 Å². The Morgan fingerprint density at radius 2 is 1.91 bits per heavy atom. The van der Waals surface area contributed by atoms with E-state index >= 15 is 0 Å². The molecule has 0 fully saturated rings. The standard InChI is InChI=1S/C24H18F3N7O/c1-14-5-6-17(32-22(35)15-3-2-4-16(11-15)24(25,26)27)12-19(14)33-23-29-9-10-34(23)21-18-7-8-28-20(18)30-13-31-21/h2-13H,1H3,(H,29,33)(H,32,35)(H,28,30,31). The van der Waals surface area contributed by atoms with Crippen LogP contribution < -0.4 is 10.6 Å². The van der Waals surface area contributed by atoms with Crippen molar-refractivity contribution in [3.63, 3.8) is 0 Å². The molecule has 0 saturated heterocycles. The summed E-state index contributed by atoms with van der Waals surface area (Å²) in [5, 5.41) is 6.71. The second-order valence-corrected chi connectivity index (χ2v) is 7.75. The summed E-state index contributed by atoms with van der Waals surface area (Å²) in [5.41, 5.74) is 1.64. The molecule has 11 heteroatoms. The van der Waals surface area contributed by atoms with Crippen LogP contribution in [0.3, 0.4) is 0 Å². The Kier molecular flexibility index (Phi) is 5.44. The van der Waals surface area contributed by atoms with Gasteiger partial charge in [-0.05, 0) is 48.9 Å². The second kappa shape index (κ2) is 8.60. The van der Waals surface area contributed by atoms with Crippen LogP contribution in [0.25, 0.3) is 16.9 Å². The summed E-state index contributed by atoms with van der Waals surface area (Å²) < 4.78 is 40.8. The van der Waals surface area contributed by atoms with Crippen LogP contribution in [0.15, 0.2) is 73.4 Å². The number of carbonyl (C=O) groups is 1. The number of rotatable bonds is 5. The first kappa shape index (κ1) is 22.1. The van der Waals surface area contributed by atoms with E-state index in [1.165, 1.54) is 18.5 Å². The highest BCUT2D eigenvalue weighted by molar-refractivity contribution is 6.04. The lowest BCUT2D eigenvalue weighted by atomic mass is 10.1. The van der Waals surface area contributed by atoms with Crippen molar-refractivity contribution in [3.8, 4) is 5.82 Å². The number of imidazole rings is 1. The van der Waals surface area contributed by atoms with Crippen LogP contribution in [0.4, 0.5) is 30.5 Å². The number of hydrogen-bond acceptors (Lipinski definition) is 5. The Hall–Kier alpha value is -4.67. The molecule has 5 aromatic rings. The minimum absolute atomic E-state index is 0.0928. The zero-order valence-corrected chi connectivity index (χ0v) is 18.3. The number of alkyl halides is 3. The van der Waals surface area contributed by atoms with Crippen LogP contribution in [0, 0.1) is 6.92 Å². The molecule has 176 valence electrons. The van der Waals surface area contributed by atoms with Crippen LogP contribution in [0.2, 0.25) is 0 Å². The molecule has 0 unspecified atom stereocenters. The Balaban J connectivity index is 1.41. The van der Waals surface area contributed by atoms with Gasteiger partial charge in [-0.15, -0.1) is 0 Å². The molecule has 2 aromatic carbocycles. The van der Waals surface area contributed by atoms with E-state index in [1.807, 2.05) is 13.0 Å². The van der Waals surface area contributed by atoms with Gasteiger partial charge in [-0.1, -0.05) is 12.1 Å². The first-order valence-corrected chi connectivity index (χ1v) is 10.5. The van der Waals surface area contributed by atoms with Crippen LogP contribution in [-0.2, 0) is 6.18 Å². The molecule has 0 radical (unpaired) electrons. The fraction of sp³-hybridized carbons (Fsp3) is 0.0833. The van der Waals surface area contributed by atoms with Gasteiger partial charge in [0.15, 0.2) is 5.82 Å². The molecule has 35 heavy (non-hydrogen) atoms. The van der Waals surface area contributed by atoms with Gasteiger partial charge in [-0.2, -0.15) is 13.2 Å². The lowest BCUT2D eigenvalue weighted by Crippen LogP contribution is -2.14. The molecule has 8 nitrogen and oxygen atoms in total. The minimum atomic E-state index is -4.53. The number of nitrogens with zero attached hydrogens (tertiary/aromatic N) is 4. The van der Waals surface area contributed by atoms with E-state index in [-0.39, 0.29) is 5.56 Å². The molecule has 0 aliphatic carbocycles. The number of aromatic amines is 1. The van der Waals surface area contributed by atoms with E-state index in [1.54, 1.807) is 41.4 Å². The number of halogens is 3. The summed E-state index contributed by atoms with van der Waals surface area (Å²) in [5.74, 6) is 0.460. The molecule has 5 rings (SSSR count). The average Bonchev–Trinajstić information content (AvgIpc) is 3.50. The van der Waals surface area contributed by atoms with Crippen molar-refractivity contribution < 1.29 is 18.0 Å². The molecule has 0 saturated carbocycles. The fourth-order valence-electron chi connectivity index (χ4n) is 3.61. The van der Waals surface area contributed by atoms with Crippen molar-refractivity contribution in [1.29, 1.82) is 0 Å². The molecule has 1 amide bonds. The quantitative estimate of drug-likeness (QED) is 0.312. The third kappa shape index (κ3) is 4.43. The molecule has 3 N–H and O–H groups in total. The summed E-state index contributed by atoms with van der Waals surface area (Å²) in [7, 11) is 0. The summed E-state index contributed by atoms with van der Waals surface area (Å²) in [6, 6.07) is 11.3. The normalized spacial score (nSPS) is 11.5. The van der Waals surface area contributed by atoms with E-state index in [4.69, 9.17) is 0 Å². The third-order valence-corrected chi connectivity index (χ3v) is 5.40. The van der Waals surface area contributed by atoms with Crippen molar-refractivity contribution in [1.82, 2.24) is 24.5 Å². The summed E-state index contributed by atoms with van der Waals surface area (Å²) >= 11 is 0. The Bertz CT molecular complexity index is 1540. The van der Waals surface area contributed by atoms with Gasteiger partial charge in [0.25, 0.3) is 5.91 Å². The van der Waals surface area contributed by atoms with Gasteiger partial charge in [0.2, 0.25) is 5.95 Å². The number of aromatic nitrogens is 5. The van der Waals surface area contributed by atoms with Crippen LogP contribution >= 0.6 is 0 Å². The van der Waals surface area contributed by atoms with Crippen LogP contribution in [0.5, 0.6) is 0 Å². The number of nitrogens with one attached hydrogen (secondary N) is 3. The van der Waals surface area contributed by atoms with Crippen LogP contribution in [-0.4, -0.2) is 30.4 Å². The van der Waals surface area contributed by atoms with Gasteiger partial charge in [-0.3, -0.25) is 9.36 Å². The first-order valence-electron chi connectivity index (χ1n) is 10.5. The van der Waals surface area contributed by atoms with Crippen molar-refractivity contribution in [2.24, 2.45) is 0 Å². The predicted octanol–water partition coefficient (Wildman–Crippen LogP) is 5.47. The smallest absolute Gasteiger partial charge is 0.346 e. The summed E-state index contributed by atoms with van der Waals surface area (Å²) in [4.78, 5) is 28.6. The van der Waals surface area contributed by atoms with E-state index in [0.29, 0.717) is 28.8 Å². The zero-order chi connectivity index (χ0) is 24.6. The zero-order valence-electron chi connectivity index (χ0n) is 18.3. The van der Waals surface area contributed by atoms with Gasteiger partial charge >= 0.3 is 6.18 Å². The number of H-pyrrole nitrogens is 1. The molecule has 0 bridgehead atoms. The minimum Gasteiger partial charge on any atom is -0.346 e. The highest BCUT2D eigenvalue weighted by atomic mass is 19.4. The highest BCUT2D eigenvalue weighted by Gasteiger charge is 2.30. The van der Waals surface area contributed by atoms with Crippen LogP contribution in [0.1, 0.15) is 21.5 Å². The number of benzene rings is 2. The topological polar surface area (TPSA) is 101 Å². The van der Waals surface area contributed by atoms with E-state index in [2.05, 4.69) is 30.6 Å². The Labute approximate surface area is 196 Å². The molecular formula is C24H18F3N7O. The Morgan fingerprint density at radius 3 is 2.74 bits per heavy atom. The van der Waals surface area contributed by atoms with Crippen molar-refractivity contribution in [2.75, 3.05) is 10.6 Å². The predicted molar refractivity (Wildman–Crippen MR) is 125 cm³/mol. The van der Waals surface area contributed by atoms with Crippen molar-refractivity contribution in [3.05, 3.63) is 90.1 Å². The van der Waals surface area contributed by atoms with Crippen molar-refractivity contribution in [2.45, 2.75) is 13.1 Å². The van der Waals surface area contributed by atoms with E-state index < -0.39 is 17.6 Å². The summed E-state index contributed by atoms with van der Waals surface area (Å²) in [6.45, 7) is 1.88. The molecule has 3 heterocycles. The maximum atomic E-state index is 13.0. The number of fused-ring (bicyclic) bond motifs is 1. The molecule has 0 spiro atoms. The largest absolute Gasteiger partial charge is 0.416 e. The maximum Gasteiger partial charge on any atom is 0.416 e. The summed E-state index contributed by atoms with van der Waals surface area (Å²) in [6.07, 6.45) is 2.07. The SMILES string of the molecule is Cc1ccc(NC(=O)c2cccc(C(F)(F)F)c2)cc1Nc1nccn1-c1ncnc2[nH]ccc12. The molecular weight excluding hydrogens is 459 g/mol. The first-order chi connectivity index (χ1) is 16.8. The molecule has 0 aliphatic heterocycles. The van der Waals surface area contributed by atoms with E-state index in [9.17, 15) is 18.0 Å². The number of amides is 1. The van der Waals surface area contributed by atoms with Gasteiger partial charge in [0, 0.05) is 35.5 Å².